The molecule has 0 fully saturated rings. The number of benzene rings is 1. The lowest BCUT2D eigenvalue weighted by Gasteiger charge is -2.25. The molecule has 0 saturated carbocycles. The minimum absolute atomic E-state index is 0.0106. The summed E-state index contributed by atoms with van der Waals surface area (Å²) in [5.74, 6) is 0.599. The SMILES string of the molecule is COc1ccc2c(c1)C(=C(C#N)C#N)C=C(C)N2C#N. The van der Waals surface area contributed by atoms with Gasteiger partial charge in [-0.15, -0.1) is 0 Å². The Morgan fingerprint density at radius 2 is 1.90 bits per heavy atom. The second kappa shape index (κ2) is 5.18. The quantitative estimate of drug-likeness (QED) is 0.574. The van der Waals surface area contributed by atoms with E-state index in [-0.39, 0.29) is 5.57 Å². The molecule has 0 atom stereocenters. The molecule has 2 rings (SSSR count). The highest BCUT2D eigenvalue weighted by atomic mass is 16.5. The molecule has 0 aliphatic carbocycles. The Kier molecular flexibility index (Phi) is 3.42. The first-order valence-corrected chi connectivity index (χ1v) is 5.77. The van der Waals surface area contributed by atoms with Gasteiger partial charge in [0.25, 0.3) is 0 Å². The number of nitrogens with zero attached hydrogens (tertiary/aromatic N) is 4. The van der Waals surface area contributed by atoms with Crippen LogP contribution in [0.25, 0.3) is 5.57 Å². The Morgan fingerprint density at radius 1 is 1.20 bits per heavy atom. The van der Waals surface area contributed by atoms with Gasteiger partial charge in [-0.25, -0.2) is 0 Å². The summed E-state index contributed by atoms with van der Waals surface area (Å²) < 4.78 is 5.16. The molecule has 0 bridgehead atoms. The summed E-state index contributed by atoms with van der Waals surface area (Å²) >= 11 is 0. The highest BCUT2D eigenvalue weighted by Crippen LogP contribution is 2.39. The molecule has 5 nitrogen and oxygen atoms in total. The van der Waals surface area contributed by atoms with Crippen molar-refractivity contribution in [3.05, 3.63) is 41.1 Å². The smallest absolute Gasteiger partial charge is 0.189 e. The first kappa shape index (κ1) is 13.2. The Morgan fingerprint density at radius 3 is 2.45 bits per heavy atom. The zero-order chi connectivity index (χ0) is 14.7. The summed E-state index contributed by atoms with van der Waals surface area (Å²) in [6, 6.07) is 8.96. The standard InChI is InChI=1S/C15H10N4O/c1-10-5-13(11(7-16)8-17)14-6-12(20-2)3-4-15(14)19(10)9-18/h3-6H,1-2H3. The minimum Gasteiger partial charge on any atom is -0.497 e. The zero-order valence-electron chi connectivity index (χ0n) is 11.0. The Labute approximate surface area is 116 Å². The molecule has 1 aliphatic rings. The van der Waals surface area contributed by atoms with Crippen molar-refractivity contribution < 1.29 is 4.74 Å². The molecule has 96 valence electrons. The summed E-state index contributed by atoms with van der Waals surface area (Å²) in [6.45, 7) is 1.75. The first-order chi connectivity index (χ1) is 9.65. The van der Waals surface area contributed by atoms with E-state index in [0.29, 0.717) is 28.3 Å². The predicted molar refractivity (Wildman–Crippen MR) is 73.0 cm³/mol. The Hall–Kier alpha value is -3.23. The molecule has 0 unspecified atom stereocenters. The molecule has 1 aromatic carbocycles. The Balaban J connectivity index is 2.81. The largest absolute Gasteiger partial charge is 0.497 e. The lowest BCUT2D eigenvalue weighted by molar-refractivity contribution is 0.414. The molecule has 0 saturated heterocycles. The van der Waals surface area contributed by atoms with E-state index in [9.17, 15) is 5.26 Å². The van der Waals surface area contributed by atoms with Crippen molar-refractivity contribution in [2.24, 2.45) is 0 Å². The van der Waals surface area contributed by atoms with Gasteiger partial charge in [0.05, 0.1) is 12.8 Å². The van der Waals surface area contributed by atoms with Crippen molar-refractivity contribution in [3.63, 3.8) is 0 Å². The van der Waals surface area contributed by atoms with Crippen LogP contribution in [-0.4, -0.2) is 7.11 Å². The van der Waals surface area contributed by atoms with Gasteiger partial charge >= 0.3 is 0 Å². The van der Waals surface area contributed by atoms with Gasteiger partial charge in [-0.05, 0) is 31.2 Å². The first-order valence-electron chi connectivity index (χ1n) is 5.77. The van der Waals surface area contributed by atoms with E-state index in [4.69, 9.17) is 15.3 Å². The monoisotopic (exact) mass is 262 g/mol. The van der Waals surface area contributed by atoms with Crippen LogP contribution in [0.4, 0.5) is 5.69 Å². The maximum atomic E-state index is 9.23. The number of methoxy groups -OCH3 is 1. The maximum Gasteiger partial charge on any atom is 0.189 e. The Bertz CT molecular complexity index is 738. The lowest BCUT2D eigenvalue weighted by Crippen LogP contribution is -2.19. The topological polar surface area (TPSA) is 83.8 Å². The third-order valence-electron chi connectivity index (χ3n) is 3.03. The molecule has 0 aromatic heterocycles. The number of hydrogen-bond acceptors (Lipinski definition) is 5. The molecule has 1 aromatic rings. The van der Waals surface area contributed by atoms with Gasteiger partial charge < -0.3 is 4.74 Å². The van der Waals surface area contributed by atoms with E-state index >= 15 is 0 Å². The second-order valence-corrected chi connectivity index (χ2v) is 4.12. The molecule has 1 aliphatic heterocycles. The van der Waals surface area contributed by atoms with Gasteiger partial charge in [0.2, 0.25) is 0 Å². The summed E-state index contributed by atoms with van der Waals surface area (Å²) in [5, 5.41) is 27.4. The van der Waals surface area contributed by atoms with E-state index in [0.717, 1.165) is 0 Å². The van der Waals surface area contributed by atoms with Crippen LogP contribution in [0.5, 0.6) is 5.75 Å². The fraction of sp³-hybridized carbons (Fsp3) is 0.133. The van der Waals surface area contributed by atoms with Crippen molar-refractivity contribution in [1.82, 2.24) is 0 Å². The highest BCUT2D eigenvalue weighted by molar-refractivity contribution is 5.93. The molecule has 20 heavy (non-hydrogen) atoms. The van der Waals surface area contributed by atoms with Crippen molar-refractivity contribution in [2.75, 3.05) is 12.0 Å². The van der Waals surface area contributed by atoms with Crippen molar-refractivity contribution in [3.8, 4) is 24.1 Å². The molecule has 0 amide bonds. The molecule has 1 heterocycles. The summed E-state index contributed by atoms with van der Waals surface area (Å²) in [7, 11) is 1.53. The number of nitriles is 3. The predicted octanol–water partition coefficient (Wildman–Crippen LogP) is 2.70. The molecule has 0 N–H and O–H groups in total. The molecule has 5 heteroatoms. The number of fused-ring (bicyclic) bond motifs is 1. The number of rotatable bonds is 1. The van der Waals surface area contributed by atoms with Crippen LogP contribution in [0.3, 0.4) is 0 Å². The molecule has 0 spiro atoms. The van der Waals surface area contributed by atoms with Crippen LogP contribution in [-0.2, 0) is 0 Å². The normalized spacial score (nSPS) is 12.4. The van der Waals surface area contributed by atoms with E-state index in [1.807, 2.05) is 12.1 Å². The van der Waals surface area contributed by atoms with E-state index in [1.165, 1.54) is 12.0 Å². The van der Waals surface area contributed by atoms with Crippen LogP contribution in [0.2, 0.25) is 0 Å². The van der Waals surface area contributed by atoms with Crippen molar-refractivity contribution in [1.29, 1.82) is 15.8 Å². The second-order valence-electron chi connectivity index (χ2n) is 4.12. The fourth-order valence-corrected chi connectivity index (χ4v) is 2.08. The van der Waals surface area contributed by atoms with Crippen LogP contribution >= 0.6 is 0 Å². The zero-order valence-corrected chi connectivity index (χ0v) is 11.0. The van der Waals surface area contributed by atoms with Gasteiger partial charge in [0.15, 0.2) is 6.19 Å². The van der Waals surface area contributed by atoms with E-state index in [2.05, 4.69) is 6.19 Å². The van der Waals surface area contributed by atoms with Gasteiger partial charge in [0, 0.05) is 16.8 Å². The van der Waals surface area contributed by atoms with Gasteiger partial charge in [-0.1, -0.05) is 0 Å². The molecular formula is C15H10N4O. The van der Waals surface area contributed by atoms with Gasteiger partial charge in [0.1, 0.15) is 23.5 Å². The van der Waals surface area contributed by atoms with Gasteiger partial charge in [-0.3, -0.25) is 4.90 Å². The van der Waals surface area contributed by atoms with Crippen molar-refractivity contribution in [2.45, 2.75) is 6.92 Å². The third-order valence-corrected chi connectivity index (χ3v) is 3.03. The third kappa shape index (κ3) is 1.96. The van der Waals surface area contributed by atoms with Crippen LogP contribution in [0, 0.1) is 34.1 Å². The molecule has 0 radical (unpaired) electrons. The van der Waals surface area contributed by atoms with Crippen LogP contribution in [0.15, 0.2) is 35.5 Å². The number of anilines is 1. The highest BCUT2D eigenvalue weighted by Gasteiger charge is 2.23. The number of allylic oxidation sites excluding steroid dienone is 4. The summed E-state index contributed by atoms with van der Waals surface area (Å²) in [5.41, 5.74) is 2.44. The average molecular weight is 262 g/mol. The minimum atomic E-state index is 0.0106. The lowest BCUT2D eigenvalue weighted by atomic mass is 9.94. The fourth-order valence-electron chi connectivity index (χ4n) is 2.08. The van der Waals surface area contributed by atoms with Crippen LogP contribution < -0.4 is 9.64 Å². The van der Waals surface area contributed by atoms with Crippen molar-refractivity contribution >= 4 is 11.3 Å². The van der Waals surface area contributed by atoms with Gasteiger partial charge in [-0.2, -0.15) is 15.8 Å². The number of hydrogen-bond donors (Lipinski definition) is 0. The van der Waals surface area contributed by atoms with Crippen LogP contribution in [0.1, 0.15) is 12.5 Å². The summed E-state index contributed by atoms with van der Waals surface area (Å²) in [4.78, 5) is 1.45. The average Bonchev–Trinajstić information content (AvgIpc) is 2.48. The summed E-state index contributed by atoms with van der Waals surface area (Å²) in [6.07, 6.45) is 3.74. The van der Waals surface area contributed by atoms with E-state index < -0.39 is 0 Å². The number of ether oxygens (including phenoxy) is 1. The maximum absolute atomic E-state index is 9.23. The van der Waals surface area contributed by atoms with E-state index in [1.54, 1.807) is 31.2 Å². The molecular weight excluding hydrogens is 252 g/mol.